The van der Waals surface area contributed by atoms with Gasteiger partial charge in [0.2, 0.25) is 10.0 Å². The van der Waals surface area contributed by atoms with Crippen LogP contribution in [0, 0.1) is 12.3 Å². The molecule has 2 saturated heterocycles. The Labute approximate surface area is 144 Å². The van der Waals surface area contributed by atoms with Crippen molar-refractivity contribution in [3.63, 3.8) is 0 Å². The molecule has 3 fully saturated rings. The normalized spacial score (nSPS) is 25.1. The fourth-order valence-electron chi connectivity index (χ4n) is 4.06. The van der Waals surface area contributed by atoms with Crippen molar-refractivity contribution >= 4 is 15.8 Å². The monoisotopic (exact) mass is 350 g/mol. The zero-order valence-corrected chi connectivity index (χ0v) is 15.1. The van der Waals surface area contributed by atoms with Crippen molar-refractivity contribution in [1.29, 1.82) is 0 Å². The second-order valence-electron chi connectivity index (χ2n) is 7.66. The maximum absolute atomic E-state index is 12.4. The zero-order valence-electron chi connectivity index (χ0n) is 14.3. The van der Waals surface area contributed by atoms with Gasteiger partial charge in [-0.2, -0.15) is 5.10 Å². The first-order valence-electron chi connectivity index (χ1n) is 9.03. The minimum absolute atomic E-state index is 0.0755. The summed E-state index contributed by atoms with van der Waals surface area (Å²) in [5.41, 5.74) is 1.26. The van der Waals surface area contributed by atoms with Gasteiger partial charge in [0.25, 0.3) is 0 Å². The van der Waals surface area contributed by atoms with Gasteiger partial charge in [-0.15, -0.1) is 5.10 Å². The van der Waals surface area contributed by atoms with Crippen LogP contribution in [0.1, 0.15) is 44.2 Å². The number of hydrogen-bond donors (Lipinski definition) is 0. The summed E-state index contributed by atoms with van der Waals surface area (Å²) in [5, 5.41) is 8.37. The van der Waals surface area contributed by atoms with E-state index < -0.39 is 10.0 Å². The third kappa shape index (κ3) is 3.04. The van der Waals surface area contributed by atoms with Crippen LogP contribution in [0.5, 0.6) is 0 Å². The molecule has 6 nitrogen and oxygen atoms in total. The van der Waals surface area contributed by atoms with Crippen LogP contribution in [0.15, 0.2) is 12.1 Å². The van der Waals surface area contributed by atoms with Crippen molar-refractivity contribution in [3.8, 4) is 0 Å². The molecule has 0 aromatic carbocycles. The first kappa shape index (κ1) is 16.3. The molecule has 132 valence electrons. The van der Waals surface area contributed by atoms with Crippen LogP contribution in [0.25, 0.3) is 0 Å². The van der Waals surface area contributed by atoms with E-state index in [9.17, 15) is 8.42 Å². The van der Waals surface area contributed by atoms with E-state index in [1.54, 1.807) is 4.31 Å². The summed E-state index contributed by atoms with van der Waals surface area (Å²) in [6.07, 6.45) is 5.98. The molecule has 1 aromatic heterocycles. The van der Waals surface area contributed by atoms with E-state index in [-0.39, 0.29) is 5.25 Å². The first-order valence-corrected chi connectivity index (χ1v) is 10.5. The summed E-state index contributed by atoms with van der Waals surface area (Å²) >= 11 is 0. The molecule has 0 bridgehead atoms. The van der Waals surface area contributed by atoms with E-state index >= 15 is 0 Å². The van der Waals surface area contributed by atoms with E-state index in [1.807, 2.05) is 19.1 Å². The highest BCUT2D eigenvalue weighted by Crippen LogP contribution is 2.43. The van der Waals surface area contributed by atoms with Crippen LogP contribution in [-0.2, 0) is 10.0 Å². The molecule has 7 heteroatoms. The fraction of sp³-hybridized carbons (Fsp3) is 0.765. The molecule has 1 saturated carbocycles. The molecule has 3 aliphatic rings. The molecule has 1 spiro atoms. The molecule has 0 N–H and O–H groups in total. The zero-order chi connectivity index (χ0) is 16.8. The molecule has 2 aliphatic heterocycles. The highest BCUT2D eigenvalue weighted by molar-refractivity contribution is 7.90. The number of piperidine rings is 2. The standard InChI is InChI=1S/C17H26N4O2S/c1-14-2-5-16(19-18-14)20-10-6-17(7-11-20)8-12-21(13-9-17)24(22,23)15-3-4-15/h2,5,15H,3-4,6-13H2,1H3. The van der Waals surface area contributed by atoms with Crippen molar-refractivity contribution in [1.82, 2.24) is 14.5 Å². The van der Waals surface area contributed by atoms with E-state index in [2.05, 4.69) is 15.1 Å². The number of rotatable bonds is 3. The van der Waals surface area contributed by atoms with Crippen LogP contribution in [0.3, 0.4) is 0 Å². The smallest absolute Gasteiger partial charge is 0.216 e. The van der Waals surface area contributed by atoms with Crippen LogP contribution < -0.4 is 4.90 Å². The minimum Gasteiger partial charge on any atom is -0.355 e. The summed E-state index contributed by atoms with van der Waals surface area (Å²) < 4.78 is 26.5. The number of anilines is 1. The van der Waals surface area contributed by atoms with Crippen molar-refractivity contribution in [3.05, 3.63) is 17.8 Å². The summed E-state index contributed by atoms with van der Waals surface area (Å²) in [6, 6.07) is 4.05. The molecule has 1 aromatic rings. The van der Waals surface area contributed by atoms with Crippen molar-refractivity contribution in [2.45, 2.75) is 50.7 Å². The highest BCUT2D eigenvalue weighted by atomic mass is 32.2. The molecule has 0 radical (unpaired) electrons. The van der Waals surface area contributed by atoms with Gasteiger partial charge >= 0.3 is 0 Å². The lowest BCUT2D eigenvalue weighted by Gasteiger charge is -2.46. The Kier molecular flexibility index (Phi) is 4.03. The Morgan fingerprint density at radius 1 is 1.00 bits per heavy atom. The Morgan fingerprint density at radius 2 is 1.62 bits per heavy atom. The lowest BCUT2D eigenvalue weighted by molar-refractivity contribution is 0.119. The molecule has 24 heavy (non-hydrogen) atoms. The number of sulfonamides is 1. The number of aryl methyl sites for hydroxylation is 1. The summed E-state index contributed by atoms with van der Waals surface area (Å²) in [5.74, 6) is 0.962. The first-order chi connectivity index (χ1) is 11.5. The summed E-state index contributed by atoms with van der Waals surface area (Å²) in [4.78, 5) is 2.31. The van der Waals surface area contributed by atoms with Gasteiger partial charge in [-0.1, -0.05) is 0 Å². The molecular formula is C17H26N4O2S. The Hall–Kier alpha value is -1.21. The molecule has 4 rings (SSSR count). The summed E-state index contributed by atoms with van der Waals surface area (Å²) in [7, 11) is -3.00. The van der Waals surface area contributed by atoms with E-state index in [1.165, 1.54) is 0 Å². The number of aromatic nitrogens is 2. The van der Waals surface area contributed by atoms with Gasteiger partial charge in [-0.3, -0.25) is 0 Å². The van der Waals surface area contributed by atoms with Crippen molar-refractivity contribution in [2.75, 3.05) is 31.1 Å². The van der Waals surface area contributed by atoms with Gasteiger partial charge in [-0.05, 0) is 63.0 Å². The number of nitrogens with zero attached hydrogens (tertiary/aromatic N) is 4. The fourth-order valence-corrected chi connectivity index (χ4v) is 5.91. The average molecular weight is 350 g/mol. The third-order valence-electron chi connectivity index (χ3n) is 6.02. The van der Waals surface area contributed by atoms with Crippen molar-refractivity contribution < 1.29 is 8.42 Å². The van der Waals surface area contributed by atoms with Crippen LogP contribution in [-0.4, -0.2) is 54.3 Å². The maximum Gasteiger partial charge on any atom is 0.216 e. The van der Waals surface area contributed by atoms with Gasteiger partial charge in [0, 0.05) is 26.2 Å². The summed E-state index contributed by atoms with van der Waals surface area (Å²) in [6.45, 7) is 5.36. The van der Waals surface area contributed by atoms with Crippen LogP contribution >= 0.6 is 0 Å². The molecule has 1 aliphatic carbocycles. The molecule has 3 heterocycles. The molecule has 0 atom stereocenters. The quantitative estimate of drug-likeness (QED) is 0.834. The Balaban J connectivity index is 1.35. The Bertz CT molecular complexity index is 682. The van der Waals surface area contributed by atoms with Crippen molar-refractivity contribution in [2.24, 2.45) is 5.41 Å². The molecule has 0 unspecified atom stereocenters. The molecule has 0 amide bonds. The average Bonchev–Trinajstić information content (AvgIpc) is 3.43. The third-order valence-corrected chi connectivity index (χ3v) is 8.42. The largest absolute Gasteiger partial charge is 0.355 e. The lowest BCUT2D eigenvalue weighted by Crippen LogP contribution is -2.49. The van der Waals surface area contributed by atoms with Gasteiger partial charge in [0.15, 0.2) is 5.82 Å². The van der Waals surface area contributed by atoms with Gasteiger partial charge in [0.1, 0.15) is 0 Å². The molecular weight excluding hydrogens is 324 g/mol. The topological polar surface area (TPSA) is 66.4 Å². The van der Waals surface area contributed by atoms with Gasteiger partial charge in [0.05, 0.1) is 10.9 Å². The predicted octanol–water partition coefficient (Wildman–Crippen LogP) is 1.96. The van der Waals surface area contributed by atoms with E-state index in [4.69, 9.17) is 0 Å². The van der Waals surface area contributed by atoms with E-state index in [0.717, 1.165) is 63.1 Å². The minimum atomic E-state index is -3.00. The number of hydrogen-bond acceptors (Lipinski definition) is 5. The second-order valence-corrected chi connectivity index (χ2v) is 9.88. The SMILES string of the molecule is Cc1ccc(N2CCC3(CC2)CCN(S(=O)(=O)C2CC2)CC3)nn1. The van der Waals surface area contributed by atoms with E-state index in [0.29, 0.717) is 18.5 Å². The second kappa shape index (κ2) is 5.95. The Morgan fingerprint density at radius 3 is 2.17 bits per heavy atom. The maximum atomic E-state index is 12.4. The lowest BCUT2D eigenvalue weighted by atomic mass is 9.71. The highest BCUT2D eigenvalue weighted by Gasteiger charge is 2.45. The van der Waals surface area contributed by atoms with Gasteiger partial charge < -0.3 is 4.90 Å². The van der Waals surface area contributed by atoms with Crippen LogP contribution in [0.4, 0.5) is 5.82 Å². The van der Waals surface area contributed by atoms with Crippen LogP contribution in [0.2, 0.25) is 0 Å². The van der Waals surface area contributed by atoms with Gasteiger partial charge in [-0.25, -0.2) is 12.7 Å². The predicted molar refractivity (Wildman–Crippen MR) is 93.4 cm³/mol.